The number of thioether (sulfide) groups is 1. The molecule has 0 bridgehead atoms. The Hall–Kier alpha value is -1.26. The third kappa shape index (κ3) is 3.85. The number of nitrogens with zero attached hydrogens (tertiary/aromatic N) is 2. The fourth-order valence-electron chi connectivity index (χ4n) is 2.13. The maximum absolute atomic E-state index is 6.11. The van der Waals surface area contributed by atoms with Crippen molar-refractivity contribution in [2.24, 2.45) is 12.8 Å². The van der Waals surface area contributed by atoms with Crippen LogP contribution in [0.4, 0.5) is 0 Å². The summed E-state index contributed by atoms with van der Waals surface area (Å²) < 4.78 is 1.83. The average molecular weight is 275 g/mol. The second-order valence-electron chi connectivity index (χ2n) is 5.03. The fraction of sp³-hybridized carbons (Fsp3) is 0.400. The molecule has 2 rings (SSSR count). The summed E-state index contributed by atoms with van der Waals surface area (Å²) in [7, 11) is 1.94. The molecule has 2 aromatic rings. The van der Waals surface area contributed by atoms with Gasteiger partial charge in [-0.05, 0) is 19.4 Å². The van der Waals surface area contributed by atoms with Crippen molar-refractivity contribution >= 4 is 11.8 Å². The van der Waals surface area contributed by atoms with Gasteiger partial charge >= 0.3 is 0 Å². The lowest BCUT2D eigenvalue weighted by Gasteiger charge is -2.19. The summed E-state index contributed by atoms with van der Waals surface area (Å²) in [5.41, 5.74) is 9.97. The van der Waals surface area contributed by atoms with Gasteiger partial charge in [-0.1, -0.05) is 29.8 Å². The van der Waals surface area contributed by atoms with Gasteiger partial charge in [0, 0.05) is 35.9 Å². The van der Waals surface area contributed by atoms with Crippen LogP contribution in [0, 0.1) is 6.92 Å². The highest BCUT2D eigenvalue weighted by atomic mass is 32.2. The van der Waals surface area contributed by atoms with E-state index >= 15 is 0 Å². The van der Waals surface area contributed by atoms with Crippen molar-refractivity contribution in [3.05, 3.63) is 53.3 Å². The van der Waals surface area contributed by atoms with E-state index in [1.807, 2.05) is 29.7 Å². The molecular weight excluding hydrogens is 254 g/mol. The zero-order valence-corrected chi connectivity index (χ0v) is 12.5. The van der Waals surface area contributed by atoms with Gasteiger partial charge in [0.15, 0.2) is 0 Å². The molecule has 0 spiro atoms. The highest BCUT2D eigenvalue weighted by molar-refractivity contribution is 7.98. The molecule has 3 nitrogen and oxygen atoms in total. The van der Waals surface area contributed by atoms with Crippen LogP contribution in [0.5, 0.6) is 0 Å². The number of hydrogen-bond donors (Lipinski definition) is 1. The van der Waals surface area contributed by atoms with Crippen LogP contribution >= 0.6 is 11.8 Å². The van der Waals surface area contributed by atoms with Gasteiger partial charge in [0.05, 0.1) is 6.20 Å². The van der Waals surface area contributed by atoms with Crippen LogP contribution in [0.3, 0.4) is 0 Å². The smallest absolute Gasteiger partial charge is 0.0533 e. The lowest BCUT2D eigenvalue weighted by Crippen LogP contribution is -2.22. The summed E-state index contributed by atoms with van der Waals surface area (Å²) in [5.74, 6) is 0.975. The monoisotopic (exact) mass is 275 g/mol. The van der Waals surface area contributed by atoms with Crippen molar-refractivity contribution in [1.29, 1.82) is 0 Å². The van der Waals surface area contributed by atoms with E-state index in [9.17, 15) is 0 Å². The minimum atomic E-state index is 0.110. The molecule has 0 aliphatic heterocycles. The number of aryl methyl sites for hydroxylation is 2. The number of aromatic nitrogens is 2. The normalized spacial score (nSPS) is 14.3. The Bertz CT molecular complexity index is 534. The average Bonchev–Trinajstić information content (AvgIpc) is 2.76. The molecule has 0 aliphatic carbocycles. The van der Waals surface area contributed by atoms with Crippen molar-refractivity contribution in [3.8, 4) is 0 Å². The zero-order valence-electron chi connectivity index (χ0n) is 11.7. The Morgan fingerprint density at radius 1 is 1.42 bits per heavy atom. The van der Waals surface area contributed by atoms with Gasteiger partial charge in [0.25, 0.3) is 0 Å². The molecule has 4 heteroatoms. The molecule has 102 valence electrons. The maximum atomic E-state index is 6.11. The van der Waals surface area contributed by atoms with Crippen LogP contribution < -0.4 is 5.73 Å². The molecular formula is C15H21N3S. The molecule has 0 aliphatic rings. The molecule has 1 aromatic carbocycles. The van der Waals surface area contributed by atoms with Crippen LogP contribution in [-0.2, 0) is 12.8 Å². The van der Waals surface area contributed by atoms with E-state index in [0.717, 1.165) is 5.75 Å². The number of hydrogen-bond acceptors (Lipinski definition) is 3. The van der Waals surface area contributed by atoms with Crippen molar-refractivity contribution in [2.75, 3.05) is 0 Å². The van der Waals surface area contributed by atoms with Crippen molar-refractivity contribution in [3.63, 3.8) is 0 Å². The lowest BCUT2D eigenvalue weighted by atomic mass is 10.1. The SMILES string of the molecule is Cc1cccc(CSC(c2cnn(C)c2)C(C)N)c1. The van der Waals surface area contributed by atoms with E-state index in [1.54, 1.807) is 0 Å². The molecule has 0 fully saturated rings. The highest BCUT2D eigenvalue weighted by Gasteiger charge is 2.18. The number of rotatable bonds is 5. The van der Waals surface area contributed by atoms with Crippen molar-refractivity contribution in [2.45, 2.75) is 30.9 Å². The molecule has 2 N–H and O–H groups in total. The summed E-state index contributed by atoms with van der Waals surface area (Å²) in [6.07, 6.45) is 3.97. The largest absolute Gasteiger partial charge is 0.327 e. The van der Waals surface area contributed by atoms with E-state index in [2.05, 4.69) is 49.4 Å². The van der Waals surface area contributed by atoms with Gasteiger partial charge in [-0.2, -0.15) is 5.10 Å². The standard InChI is InChI=1S/C15H21N3S/c1-11-5-4-6-13(7-11)10-19-15(12(2)16)14-8-17-18(3)9-14/h4-9,12,15H,10,16H2,1-3H3. The molecule has 2 unspecified atom stereocenters. The van der Waals surface area contributed by atoms with Crippen LogP contribution in [0.1, 0.15) is 28.9 Å². The van der Waals surface area contributed by atoms with Gasteiger partial charge in [0.2, 0.25) is 0 Å². The van der Waals surface area contributed by atoms with Gasteiger partial charge in [0.1, 0.15) is 0 Å². The van der Waals surface area contributed by atoms with Gasteiger partial charge in [-0.25, -0.2) is 0 Å². The zero-order chi connectivity index (χ0) is 13.8. The van der Waals surface area contributed by atoms with Crippen LogP contribution in [-0.4, -0.2) is 15.8 Å². The Balaban J connectivity index is 2.06. The molecule has 2 atom stereocenters. The third-order valence-corrected chi connectivity index (χ3v) is 4.60. The summed E-state index contributed by atoms with van der Waals surface area (Å²) in [5, 5.41) is 4.52. The Labute approximate surface area is 119 Å². The quantitative estimate of drug-likeness (QED) is 0.912. The molecule has 0 saturated carbocycles. The first-order valence-electron chi connectivity index (χ1n) is 6.47. The number of benzene rings is 1. The molecule has 19 heavy (non-hydrogen) atoms. The molecule has 0 amide bonds. The molecule has 0 radical (unpaired) electrons. The van der Waals surface area contributed by atoms with Crippen LogP contribution in [0.15, 0.2) is 36.7 Å². The second-order valence-corrected chi connectivity index (χ2v) is 6.16. The minimum absolute atomic E-state index is 0.110. The van der Waals surface area contributed by atoms with E-state index in [-0.39, 0.29) is 11.3 Å². The number of nitrogens with two attached hydrogens (primary N) is 1. The topological polar surface area (TPSA) is 43.8 Å². The van der Waals surface area contributed by atoms with Crippen molar-refractivity contribution in [1.82, 2.24) is 9.78 Å². The summed E-state index contributed by atoms with van der Waals surface area (Å²) >= 11 is 1.88. The molecule has 1 aromatic heterocycles. The molecule has 0 saturated heterocycles. The van der Waals surface area contributed by atoms with Crippen LogP contribution in [0.2, 0.25) is 0 Å². The van der Waals surface area contributed by atoms with E-state index < -0.39 is 0 Å². The minimum Gasteiger partial charge on any atom is -0.327 e. The summed E-state index contributed by atoms with van der Waals surface area (Å²) in [6, 6.07) is 8.74. The van der Waals surface area contributed by atoms with Gasteiger partial charge in [-0.3, -0.25) is 4.68 Å². The highest BCUT2D eigenvalue weighted by Crippen LogP contribution is 2.33. The first kappa shape index (κ1) is 14.2. The van der Waals surface area contributed by atoms with Crippen LogP contribution in [0.25, 0.3) is 0 Å². The van der Waals surface area contributed by atoms with E-state index in [4.69, 9.17) is 5.73 Å². The molecule has 1 heterocycles. The fourth-order valence-corrected chi connectivity index (χ4v) is 3.30. The first-order chi connectivity index (χ1) is 9.06. The first-order valence-corrected chi connectivity index (χ1v) is 7.52. The Kier molecular flexibility index (Phi) is 4.66. The van der Waals surface area contributed by atoms with Gasteiger partial charge in [-0.15, -0.1) is 11.8 Å². The van der Waals surface area contributed by atoms with E-state index in [1.165, 1.54) is 16.7 Å². The predicted octanol–water partition coefficient (Wildman–Crippen LogP) is 3.05. The second kappa shape index (κ2) is 6.26. The summed E-state index contributed by atoms with van der Waals surface area (Å²) in [4.78, 5) is 0. The van der Waals surface area contributed by atoms with Crippen molar-refractivity contribution < 1.29 is 0 Å². The Morgan fingerprint density at radius 2 is 2.21 bits per heavy atom. The predicted molar refractivity (Wildman–Crippen MR) is 82.1 cm³/mol. The Morgan fingerprint density at radius 3 is 2.79 bits per heavy atom. The lowest BCUT2D eigenvalue weighted by molar-refractivity contribution is 0.718. The van der Waals surface area contributed by atoms with E-state index in [0.29, 0.717) is 0 Å². The van der Waals surface area contributed by atoms with Gasteiger partial charge < -0.3 is 5.73 Å². The third-order valence-electron chi connectivity index (χ3n) is 3.04. The maximum Gasteiger partial charge on any atom is 0.0533 e. The summed E-state index contributed by atoms with van der Waals surface area (Å²) in [6.45, 7) is 4.18.